The highest BCUT2D eigenvalue weighted by molar-refractivity contribution is 9.10. The number of nitro benzene ring substituents is 1. The molecule has 19 heavy (non-hydrogen) atoms. The van der Waals surface area contributed by atoms with Crippen LogP contribution in [-0.2, 0) is 6.42 Å². The molecule has 2 N–H and O–H groups in total. The van der Waals surface area contributed by atoms with Gasteiger partial charge < -0.3 is 5.73 Å². The molecule has 1 aliphatic rings. The molecule has 1 aromatic rings. The Hall–Kier alpha value is -0.940. The maximum Gasteiger partial charge on any atom is 0.273 e. The molecule has 5 heteroatoms. The van der Waals surface area contributed by atoms with E-state index in [1.807, 2.05) is 12.1 Å². The number of nitrogens with two attached hydrogens (primary N) is 1. The highest BCUT2D eigenvalue weighted by Gasteiger charge is 2.28. The minimum Gasteiger partial charge on any atom is -0.327 e. The molecule has 0 spiro atoms. The molecule has 3 atom stereocenters. The first-order chi connectivity index (χ1) is 8.97. The lowest BCUT2D eigenvalue weighted by Crippen LogP contribution is -2.36. The van der Waals surface area contributed by atoms with Gasteiger partial charge in [-0.15, -0.1) is 0 Å². The molecule has 0 aliphatic heterocycles. The van der Waals surface area contributed by atoms with E-state index in [1.54, 1.807) is 6.07 Å². The van der Waals surface area contributed by atoms with Crippen LogP contribution in [0.3, 0.4) is 0 Å². The maximum atomic E-state index is 11.1. The van der Waals surface area contributed by atoms with Crippen molar-refractivity contribution in [1.29, 1.82) is 0 Å². The van der Waals surface area contributed by atoms with Crippen molar-refractivity contribution in [3.05, 3.63) is 38.3 Å². The molecule has 4 nitrogen and oxygen atoms in total. The van der Waals surface area contributed by atoms with Crippen LogP contribution in [0, 0.1) is 22.0 Å². The molecule has 0 heterocycles. The Morgan fingerprint density at radius 3 is 2.89 bits per heavy atom. The molecule has 1 aromatic carbocycles. The van der Waals surface area contributed by atoms with Crippen LogP contribution >= 0.6 is 15.9 Å². The highest BCUT2D eigenvalue weighted by atomic mass is 79.9. The molecule has 0 radical (unpaired) electrons. The fraction of sp³-hybridized carbons (Fsp3) is 0.571. The number of hydrogen-bond donors (Lipinski definition) is 1. The van der Waals surface area contributed by atoms with Crippen LogP contribution in [0.1, 0.15) is 31.7 Å². The third-order valence-electron chi connectivity index (χ3n) is 4.03. The van der Waals surface area contributed by atoms with Crippen molar-refractivity contribution in [2.24, 2.45) is 17.6 Å². The van der Waals surface area contributed by atoms with E-state index in [0.29, 0.717) is 18.3 Å². The number of nitro groups is 1. The molecule has 1 aliphatic carbocycles. The summed E-state index contributed by atoms with van der Waals surface area (Å²) in [5.74, 6) is 1.02. The van der Waals surface area contributed by atoms with Gasteiger partial charge in [-0.25, -0.2) is 0 Å². The van der Waals surface area contributed by atoms with Crippen LogP contribution < -0.4 is 5.73 Å². The monoisotopic (exact) mass is 326 g/mol. The Labute approximate surface area is 121 Å². The minimum absolute atomic E-state index is 0.166. The summed E-state index contributed by atoms with van der Waals surface area (Å²) in [7, 11) is 0. The van der Waals surface area contributed by atoms with Crippen molar-refractivity contribution >= 4 is 21.6 Å². The summed E-state index contributed by atoms with van der Waals surface area (Å²) in [4.78, 5) is 10.8. The average molecular weight is 327 g/mol. The van der Waals surface area contributed by atoms with Gasteiger partial charge in [-0.1, -0.05) is 28.9 Å². The SMILES string of the molecule is CC1CCC(N)C(Cc2ccc(Br)cc2[N+](=O)[O-])C1. The average Bonchev–Trinajstić information content (AvgIpc) is 2.35. The largest absolute Gasteiger partial charge is 0.327 e. The molecule has 1 saturated carbocycles. The lowest BCUT2D eigenvalue weighted by atomic mass is 9.76. The van der Waals surface area contributed by atoms with E-state index >= 15 is 0 Å². The van der Waals surface area contributed by atoms with Crippen LogP contribution in [0.5, 0.6) is 0 Å². The summed E-state index contributed by atoms with van der Waals surface area (Å²) in [5, 5.41) is 11.1. The van der Waals surface area contributed by atoms with E-state index in [4.69, 9.17) is 5.73 Å². The number of hydrogen-bond acceptors (Lipinski definition) is 3. The number of rotatable bonds is 3. The second-order valence-corrected chi connectivity index (χ2v) is 6.49. The van der Waals surface area contributed by atoms with Crippen molar-refractivity contribution in [3.8, 4) is 0 Å². The fourth-order valence-electron chi connectivity index (χ4n) is 2.92. The smallest absolute Gasteiger partial charge is 0.273 e. The Morgan fingerprint density at radius 1 is 1.47 bits per heavy atom. The molecule has 0 bridgehead atoms. The van der Waals surface area contributed by atoms with Gasteiger partial charge in [0.1, 0.15) is 0 Å². The number of benzene rings is 1. The van der Waals surface area contributed by atoms with Gasteiger partial charge >= 0.3 is 0 Å². The van der Waals surface area contributed by atoms with Crippen LogP contribution in [0.2, 0.25) is 0 Å². The summed E-state index contributed by atoms with van der Waals surface area (Å²) in [6.45, 7) is 2.23. The zero-order chi connectivity index (χ0) is 14.0. The first-order valence-electron chi connectivity index (χ1n) is 6.65. The van der Waals surface area contributed by atoms with Crippen LogP contribution in [0.4, 0.5) is 5.69 Å². The lowest BCUT2D eigenvalue weighted by molar-refractivity contribution is -0.385. The molecule has 0 aromatic heterocycles. The van der Waals surface area contributed by atoms with Gasteiger partial charge in [0.15, 0.2) is 0 Å². The van der Waals surface area contributed by atoms with Crippen molar-refractivity contribution in [2.75, 3.05) is 0 Å². The quantitative estimate of drug-likeness (QED) is 0.680. The first-order valence-corrected chi connectivity index (χ1v) is 7.45. The molecule has 3 unspecified atom stereocenters. The van der Waals surface area contributed by atoms with E-state index in [2.05, 4.69) is 22.9 Å². The van der Waals surface area contributed by atoms with Crippen LogP contribution in [0.25, 0.3) is 0 Å². The number of halogens is 1. The molecule has 0 amide bonds. The van der Waals surface area contributed by atoms with Gasteiger partial charge in [0.2, 0.25) is 0 Å². The lowest BCUT2D eigenvalue weighted by Gasteiger charge is -2.32. The van der Waals surface area contributed by atoms with Gasteiger partial charge in [0.05, 0.1) is 4.92 Å². The Bertz CT molecular complexity index is 479. The topological polar surface area (TPSA) is 69.2 Å². The summed E-state index contributed by atoms with van der Waals surface area (Å²) in [5.41, 5.74) is 7.15. The standard InChI is InChI=1S/C14H19BrN2O2/c1-9-2-5-13(16)11(6-9)7-10-3-4-12(15)8-14(10)17(18)19/h3-4,8-9,11,13H,2,5-7,16H2,1H3. The van der Waals surface area contributed by atoms with E-state index in [1.165, 1.54) is 6.42 Å². The minimum atomic E-state index is -0.308. The van der Waals surface area contributed by atoms with E-state index in [0.717, 1.165) is 22.9 Å². The van der Waals surface area contributed by atoms with Gasteiger partial charge in [0.25, 0.3) is 5.69 Å². The van der Waals surface area contributed by atoms with Crippen molar-refractivity contribution in [3.63, 3.8) is 0 Å². The Morgan fingerprint density at radius 2 is 2.21 bits per heavy atom. The van der Waals surface area contributed by atoms with Crippen molar-refractivity contribution in [2.45, 2.75) is 38.6 Å². The third kappa shape index (κ3) is 3.54. The molecule has 1 fully saturated rings. The van der Waals surface area contributed by atoms with Gasteiger partial charge in [0, 0.05) is 22.1 Å². The molecular formula is C14H19BrN2O2. The maximum absolute atomic E-state index is 11.1. The van der Waals surface area contributed by atoms with Gasteiger partial charge in [-0.3, -0.25) is 10.1 Å². The van der Waals surface area contributed by atoms with E-state index < -0.39 is 0 Å². The van der Waals surface area contributed by atoms with Gasteiger partial charge in [-0.05, 0) is 43.6 Å². The molecular weight excluding hydrogens is 308 g/mol. The normalized spacial score (nSPS) is 27.2. The predicted molar refractivity (Wildman–Crippen MR) is 79.0 cm³/mol. The fourth-order valence-corrected chi connectivity index (χ4v) is 3.27. The second-order valence-electron chi connectivity index (χ2n) is 5.58. The Balaban J connectivity index is 2.20. The van der Waals surface area contributed by atoms with Gasteiger partial charge in [-0.2, -0.15) is 0 Å². The second kappa shape index (κ2) is 6.01. The molecule has 104 valence electrons. The molecule has 2 rings (SSSR count). The summed E-state index contributed by atoms with van der Waals surface area (Å²) in [6, 6.07) is 5.45. The summed E-state index contributed by atoms with van der Waals surface area (Å²) < 4.78 is 0.740. The predicted octanol–water partition coefficient (Wildman–Crippen LogP) is 3.66. The molecule has 0 saturated heterocycles. The van der Waals surface area contributed by atoms with E-state index in [9.17, 15) is 10.1 Å². The van der Waals surface area contributed by atoms with Crippen LogP contribution in [0.15, 0.2) is 22.7 Å². The third-order valence-corrected chi connectivity index (χ3v) is 4.52. The highest BCUT2D eigenvalue weighted by Crippen LogP contribution is 2.33. The zero-order valence-electron chi connectivity index (χ0n) is 11.0. The Kier molecular flexibility index (Phi) is 4.58. The zero-order valence-corrected chi connectivity index (χ0v) is 12.6. The van der Waals surface area contributed by atoms with Crippen molar-refractivity contribution in [1.82, 2.24) is 0 Å². The summed E-state index contributed by atoms with van der Waals surface area (Å²) in [6.07, 6.45) is 3.96. The number of nitrogens with zero attached hydrogens (tertiary/aromatic N) is 1. The van der Waals surface area contributed by atoms with Crippen molar-refractivity contribution < 1.29 is 4.92 Å². The summed E-state index contributed by atoms with van der Waals surface area (Å²) >= 11 is 3.28. The van der Waals surface area contributed by atoms with Crippen LogP contribution in [-0.4, -0.2) is 11.0 Å². The first kappa shape index (κ1) is 14.5. The van der Waals surface area contributed by atoms with E-state index in [-0.39, 0.29) is 16.7 Å².